The number of halogens is 1. The first-order chi connectivity index (χ1) is 12.9. The lowest BCUT2D eigenvalue weighted by Crippen LogP contribution is -2.47. The lowest BCUT2D eigenvalue weighted by molar-refractivity contribution is -0.124. The number of amides is 1. The van der Waals surface area contributed by atoms with Crippen LogP contribution in [0.15, 0.2) is 41.4 Å². The molecule has 0 aliphatic carbocycles. The second kappa shape index (κ2) is 8.12. The monoisotopic (exact) mass is 410 g/mol. The van der Waals surface area contributed by atoms with Gasteiger partial charge in [0, 0.05) is 37.6 Å². The summed E-state index contributed by atoms with van der Waals surface area (Å²) < 4.78 is 32.8. The third-order valence-electron chi connectivity index (χ3n) is 4.01. The Bertz CT molecular complexity index is 952. The van der Waals surface area contributed by atoms with Gasteiger partial charge in [0.05, 0.1) is 13.7 Å². The Morgan fingerprint density at radius 1 is 1.37 bits per heavy atom. The average Bonchev–Trinajstić information content (AvgIpc) is 2.62. The van der Waals surface area contributed by atoms with Gasteiger partial charge in [-0.3, -0.25) is 14.4 Å². The van der Waals surface area contributed by atoms with Gasteiger partial charge in [-0.2, -0.15) is 0 Å². The highest BCUT2D eigenvalue weighted by molar-refractivity contribution is 7.92. The molecule has 8 nitrogen and oxygen atoms in total. The first kappa shape index (κ1) is 19.4. The maximum absolute atomic E-state index is 12.6. The quantitative estimate of drug-likeness (QED) is 0.699. The largest absolute Gasteiger partial charge is 0.493 e. The minimum atomic E-state index is -3.85. The van der Waals surface area contributed by atoms with Crippen LogP contribution in [0.2, 0.25) is 5.15 Å². The van der Waals surface area contributed by atoms with E-state index in [4.69, 9.17) is 16.3 Å². The number of carbonyl (C=O) groups is 1. The molecule has 2 N–H and O–H groups in total. The number of pyridine rings is 1. The van der Waals surface area contributed by atoms with E-state index in [2.05, 4.69) is 15.0 Å². The van der Waals surface area contributed by atoms with Crippen molar-refractivity contribution < 1.29 is 17.9 Å². The molecule has 0 spiro atoms. The summed E-state index contributed by atoms with van der Waals surface area (Å²) in [5.41, 5.74) is 1.32. The van der Waals surface area contributed by atoms with Gasteiger partial charge in [-0.25, -0.2) is 13.4 Å². The molecule has 0 saturated carbocycles. The molecular formula is C17H19ClN4O4S. The first-order valence-electron chi connectivity index (χ1n) is 8.18. The molecule has 27 heavy (non-hydrogen) atoms. The zero-order valence-corrected chi connectivity index (χ0v) is 16.2. The third kappa shape index (κ3) is 4.88. The minimum absolute atomic E-state index is 0.0118. The molecule has 0 unspecified atom stereocenters. The molecule has 144 valence electrons. The van der Waals surface area contributed by atoms with Crippen LogP contribution < -0.4 is 14.8 Å². The topological polar surface area (TPSA) is 101 Å². The number of benzene rings is 1. The molecule has 1 aromatic heterocycles. The van der Waals surface area contributed by atoms with Crippen molar-refractivity contribution in [1.29, 1.82) is 0 Å². The van der Waals surface area contributed by atoms with Crippen LogP contribution in [-0.2, 0) is 21.4 Å². The number of nitrogens with zero attached hydrogens (tertiary/aromatic N) is 2. The number of piperazine rings is 1. The van der Waals surface area contributed by atoms with E-state index in [1.807, 2.05) is 11.0 Å². The molecule has 2 heterocycles. The Hall–Kier alpha value is -2.36. The van der Waals surface area contributed by atoms with Crippen LogP contribution in [0.25, 0.3) is 0 Å². The van der Waals surface area contributed by atoms with Crippen molar-refractivity contribution in [3.63, 3.8) is 0 Å². The fraction of sp³-hybridized carbons (Fsp3) is 0.294. The van der Waals surface area contributed by atoms with E-state index >= 15 is 0 Å². The maximum atomic E-state index is 12.6. The molecule has 3 rings (SSSR count). The third-order valence-corrected chi connectivity index (χ3v) is 5.65. The van der Waals surface area contributed by atoms with Crippen LogP contribution in [0, 0.1) is 0 Å². The molecule has 1 saturated heterocycles. The fourth-order valence-electron chi connectivity index (χ4n) is 2.73. The van der Waals surface area contributed by atoms with E-state index in [0.29, 0.717) is 25.3 Å². The van der Waals surface area contributed by atoms with E-state index < -0.39 is 10.0 Å². The van der Waals surface area contributed by atoms with Crippen LogP contribution in [-0.4, -0.2) is 51.0 Å². The molecule has 0 bridgehead atoms. The molecule has 10 heteroatoms. The Morgan fingerprint density at radius 2 is 2.19 bits per heavy atom. The predicted molar refractivity (Wildman–Crippen MR) is 101 cm³/mol. The van der Waals surface area contributed by atoms with Gasteiger partial charge in [-0.1, -0.05) is 23.7 Å². The van der Waals surface area contributed by atoms with Gasteiger partial charge < -0.3 is 10.1 Å². The summed E-state index contributed by atoms with van der Waals surface area (Å²) in [5.74, 6) is 0.166. The van der Waals surface area contributed by atoms with Gasteiger partial charge in [0.25, 0.3) is 10.0 Å². The van der Waals surface area contributed by atoms with Gasteiger partial charge in [-0.15, -0.1) is 0 Å². The van der Waals surface area contributed by atoms with Crippen LogP contribution in [0.5, 0.6) is 5.75 Å². The zero-order valence-electron chi connectivity index (χ0n) is 14.6. The van der Waals surface area contributed by atoms with Crippen molar-refractivity contribution in [2.45, 2.75) is 11.4 Å². The SMILES string of the molecule is COc1cc(S(=O)(=O)Nc2cccc(CN3CCNC(=O)C3)c2)cnc1Cl. The van der Waals surface area contributed by atoms with Crippen molar-refractivity contribution >= 4 is 33.2 Å². The van der Waals surface area contributed by atoms with E-state index in [-0.39, 0.29) is 21.7 Å². The number of methoxy groups -OCH3 is 1. The van der Waals surface area contributed by atoms with Crippen LogP contribution in [0.1, 0.15) is 5.56 Å². The van der Waals surface area contributed by atoms with Crippen molar-refractivity contribution in [2.75, 3.05) is 31.5 Å². The summed E-state index contributed by atoms with van der Waals surface area (Å²) >= 11 is 5.85. The van der Waals surface area contributed by atoms with Gasteiger partial charge in [-0.05, 0) is 17.7 Å². The Kier molecular flexibility index (Phi) is 5.83. The summed E-state index contributed by atoms with van der Waals surface area (Å²) in [4.78, 5) is 17.3. The zero-order chi connectivity index (χ0) is 19.4. The number of anilines is 1. The number of ether oxygens (including phenoxy) is 1. The first-order valence-corrected chi connectivity index (χ1v) is 10.0. The molecule has 1 fully saturated rings. The van der Waals surface area contributed by atoms with Crippen molar-refractivity contribution in [1.82, 2.24) is 15.2 Å². The van der Waals surface area contributed by atoms with Crippen LogP contribution in [0.4, 0.5) is 5.69 Å². The highest BCUT2D eigenvalue weighted by Crippen LogP contribution is 2.26. The molecule has 1 amide bonds. The molecular weight excluding hydrogens is 392 g/mol. The van der Waals surface area contributed by atoms with E-state index in [0.717, 1.165) is 12.1 Å². The molecule has 0 atom stereocenters. The van der Waals surface area contributed by atoms with Crippen molar-refractivity contribution in [2.24, 2.45) is 0 Å². The summed E-state index contributed by atoms with van der Waals surface area (Å²) in [5, 5.41) is 2.86. The fourth-order valence-corrected chi connectivity index (χ4v) is 3.92. The summed E-state index contributed by atoms with van der Waals surface area (Å²) in [7, 11) is -2.46. The number of aromatic nitrogens is 1. The van der Waals surface area contributed by atoms with Gasteiger partial charge in [0.15, 0.2) is 10.9 Å². The van der Waals surface area contributed by atoms with Crippen molar-refractivity contribution in [3.05, 3.63) is 47.2 Å². The smallest absolute Gasteiger partial charge is 0.263 e. The number of sulfonamides is 1. The van der Waals surface area contributed by atoms with Gasteiger partial charge in [0.2, 0.25) is 5.91 Å². The second-order valence-corrected chi connectivity index (χ2v) is 8.07. The number of hydrogen-bond donors (Lipinski definition) is 2. The second-order valence-electron chi connectivity index (χ2n) is 6.03. The minimum Gasteiger partial charge on any atom is -0.493 e. The maximum Gasteiger partial charge on any atom is 0.263 e. The Morgan fingerprint density at radius 3 is 2.93 bits per heavy atom. The lowest BCUT2D eigenvalue weighted by Gasteiger charge is -2.26. The van der Waals surface area contributed by atoms with Gasteiger partial charge >= 0.3 is 0 Å². The lowest BCUT2D eigenvalue weighted by atomic mass is 10.2. The van der Waals surface area contributed by atoms with E-state index in [9.17, 15) is 13.2 Å². The molecule has 2 aromatic rings. The number of carbonyl (C=O) groups excluding carboxylic acids is 1. The predicted octanol–water partition coefficient (Wildman–Crippen LogP) is 1.48. The molecule has 1 aliphatic rings. The average molecular weight is 411 g/mol. The highest BCUT2D eigenvalue weighted by atomic mass is 35.5. The molecule has 0 radical (unpaired) electrons. The normalized spacial score (nSPS) is 15.3. The molecule has 1 aliphatic heterocycles. The number of nitrogens with one attached hydrogen (secondary N) is 2. The van der Waals surface area contributed by atoms with Crippen LogP contribution >= 0.6 is 11.6 Å². The summed E-state index contributed by atoms with van der Waals surface area (Å²) in [6, 6.07) is 8.36. The summed E-state index contributed by atoms with van der Waals surface area (Å²) in [6.07, 6.45) is 1.17. The standard InChI is InChI=1S/C17H19ClN4O4S/c1-26-15-8-14(9-20-17(15)18)27(24,25)21-13-4-2-3-12(7-13)10-22-6-5-19-16(23)11-22/h2-4,7-9,21H,5-6,10-11H2,1H3,(H,19,23). The Labute approximate surface area is 162 Å². The number of rotatable bonds is 6. The Balaban J connectivity index is 1.76. The van der Waals surface area contributed by atoms with Crippen LogP contribution in [0.3, 0.4) is 0 Å². The van der Waals surface area contributed by atoms with E-state index in [1.165, 1.54) is 19.4 Å². The summed E-state index contributed by atoms with van der Waals surface area (Å²) in [6.45, 7) is 2.24. The van der Waals surface area contributed by atoms with Crippen molar-refractivity contribution in [3.8, 4) is 5.75 Å². The highest BCUT2D eigenvalue weighted by Gasteiger charge is 2.19. The van der Waals surface area contributed by atoms with E-state index in [1.54, 1.807) is 18.2 Å². The van der Waals surface area contributed by atoms with Gasteiger partial charge in [0.1, 0.15) is 4.90 Å². The number of hydrogen-bond acceptors (Lipinski definition) is 6. The molecule has 1 aromatic carbocycles.